The minimum atomic E-state index is -4.54. The van der Waals surface area contributed by atoms with Gasteiger partial charge in [-0.1, -0.05) is 13.8 Å². The lowest BCUT2D eigenvalue weighted by atomic mass is 10.1. The van der Waals surface area contributed by atoms with Gasteiger partial charge in [0.25, 0.3) is 5.56 Å². The van der Waals surface area contributed by atoms with Crippen LogP contribution < -0.4 is 11.2 Å². The van der Waals surface area contributed by atoms with E-state index in [9.17, 15) is 27.6 Å². The Bertz CT molecular complexity index is 1920. The van der Waals surface area contributed by atoms with Crippen molar-refractivity contribution in [3.8, 4) is 11.4 Å². The van der Waals surface area contributed by atoms with Crippen molar-refractivity contribution in [3.05, 3.63) is 80.3 Å². The Hall–Kier alpha value is -4.48. The number of aromatic nitrogens is 6. The van der Waals surface area contributed by atoms with E-state index in [0.717, 1.165) is 16.7 Å². The van der Waals surface area contributed by atoms with Crippen LogP contribution in [0.15, 0.2) is 52.3 Å². The zero-order valence-electron chi connectivity index (χ0n) is 22.6. The van der Waals surface area contributed by atoms with E-state index < -0.39 is 23.0 Å². The summed E-state index contributed by atoms with van der Waals surface area (Å²) in [6, 6.07) is 6.58. The van der Waals surface area contributed by atoms with Gasteiger partial charge in [0.2, 0.25) is 0 Å². The molecule has 0 spiro atoms. The molecule has 0 aliphatic heterocycles. The zero-order chi connectivity index (χ0) is 29.1. The lowest BCUT2D eigenvalue weighted by molar-refractivity contribution is -0.137. The number of halogens is 3. The van der Waals surface area contributed by atoms with Gasteiger partial charge in [-0.15, -0.1) is 0 Å². The summed E-state index contributed by atoms with van der Waals surface area (Å²) in [6.07, 6.45) is -1.41. The summed E-state index contributed by atoms with van der Waals surface area (Å²) < 4.78 is 46.3. The highest BCUT2D eigenvalue weighted by atomic mass is 19.4. The third-order valence-electron chi connectivity index (χ3n) is 6.91. The molecule has 0 saturated heterocycles. The van der Waals surface area contributed by atoms with Gasteiger partial charge in [-0.25, -0.2) is 4.79 Å². The van der Waals surface area contributed by atoms with Gasteiger partial charge in [0.05, 0.1) is 23.3 Å². The Morgan fingerprint density at radius 2 is 1.80 bits per heavy atom. The maximum atomic E-state index is 13.6. The number of fused-ring (bicyclic) bond motifs is 2. The number of benzene rings is 1. The molecular weight excluding hydrogens is 525 g/mol. The Balaban J connectivity index is 1.85. The van der Waals surface area contributed by atoms with Crippen molar-refractivity contribution in [3.63, 3.8) is 0 Å². The van der Waals surface area contributed by atoms with E-state index >= 15 is 0 Å². The molecule has 0 N–H and O–H groups in total. The normalized spacial score (nSPS) is 12.2. The Morgan fingerprint density at radius 3 is 2.42 bits per heavy atom. The number of nitrogens with zero attached hydrogens (tertiary/aromatic N) is 6. The number of pyridine rings is 1. The van der Waals surface area contributed by atoms with Crippen LogP contribution in [-0.4, -0.2) is 34.2 Å². The predicted octanol–water partition coefficient (Wildman–Crippen LogP) is 4.38. The van der Waals surface area contributed by atoms with Crippen molar-refractivity contribution in [2.75, 3.05) is 0 Å². The summed E-state index contributed by atoms with van der Waals surface area (Å²) in [5.74, 6) is -0.127. The van der Waals surface area contributed by atoms with E-state index in [1.165, 1.54) is 35.5 Å². The van der Waals surface area contributed by atoms with Crippen LogP contribution in [0.2, 0.25) is 0 Å². The minimum absolute atomic E-state index is 0.0239. The number of alkyl halides is 3. The van der Waals surface area contributed by atoms with Crippen LogP contribution in [0, 0.1) is 5.92 Å². The number of ketones is 1. The van der Waals surface area contributed by atoms with Crippen LogP contribution in [0.25, 0.3) is 33.3 Å². The smallest absolute Gasteiger partial charge is 0.349 e. The average molecular weight is 553 g/mol. The minimum Gasteiger partial charge on any atom is -0.349 e. The number of carbonyl (C=O) groups is 1. The molecular formula is C28H27F3N6O3. The first-order valence-electron chi connectivity index (χ1n) is 12.6. The maximum Gasteiger partial charge on any atom is 0.416 e. The quantitative estimate of drug-likeness (QED) is 0.292. The molecule has 0 amide bonds. The lowest BCUT2D eigenvalue weighted by Crippen LogP contribution is -2.38. The standard InChI is InChI=1S/C28H27F3N6O3/c1-15(2)12-36-25-23(26(39)35(5)27(36)40)24(22-10-18(16(3)38)13-34(22)4)37(33-25)14-17-8-9-32-21-7-6-19(11-20(17)21)28(29,30)31/h6-11,13,15H,12,14H2,1-5H3. The monoisotopic (exact) mass is 552 g/mol. The molecule has 0 unspecified atom stereocenters. The first kappa shape index (κ1) is 27.1. The fourth-order valence-electron chi connectivity index (χ4n) is 4.94. The third kappa shape index (κ3) is 4.52. The fourth-order valence-corrected chi connectivity index (χ4v) is 4.94. The summed E-state index contributed by atoms with van der Waals surface area (Å²) in [5, 5.41) is 5.16. The molecule has 0 atom stereocenters. The van der Waals surface area contributed by atoms with E-state index in [-0.39, 0.29) is 34.7 Å². The molecule has 1 aromatic carbocycles. The van der Waals surface area contributed by atoms with Crippen LogP contribution in [0.1, 0.15) is 42.3 Å². The van der Waals surface area contributed by atoms with Crippen molar-refractivity contribution >= 4 is 27.7 Å². The van der Waals surface area contributed by atoms with Crippen LogP contribution >= 0.6 is 0 Å². The molecule has 5 rings (SSSR count). The van der Waals surface area contributed by atoms with Gasteiger partial charge in [-0.05, 0) is 48.7 Å². The molecule has 12 heteroatoms. The lowest BCUT2D eigenvalue weighted by Gasteiger charge is -2.12. The van der Waals surface area contributed by atoms with Crippen molar-refractivity contribution in [1.29, 1.82) is 0 Å². The largest absolute Gasteiger partial charge is 0.416 e. The highest BCUT2D eigenvalue weighted by Crippen LogP contribution is 2.33. The summed E-state index contributed by atoms with van der Waals surface area (Å²) in [7, 11) is 3.11. The molecule has 208 valence electrons. The second kappa shape index (κ2) is 9.61. The Morgan fingerprint density at radius 1 is 1.07 bits per heavy atom. The molecule has 40 heavy (non-hydrogen) atoms. The fraction of sp³-hybridized carbons (Fsp3) is 0.321. The molecule has 0 aliphatic rings. The zero-order valence-corrected chi connectivity index (χ0v) is 22.6. The SMILES string of the molecule is CC(=O)c1cc(-c2c3c(=O)n(C)c(=O)n(CC(C)C)c3nn2Cc2ccnc3ccc(C(F)(F)F)cc23)n(C)c1. The second-order valence-corrected chi connectivity index (χ2v) is 10.3. The van der Waals surface area contributed by atoms with Gasteiger partial charge in [0.15, 0.2) is 11.4 Å². The second-order valence-electron chi connectivity index (χ2n) is 10.3. The van der Waals surface area contributed by atoms with Crippen molar-refractivity contribution in [1.82, 2.24) is 28.5 Å². The number of Topliss-reactive ketones (excluding diaryl/α,β-unsaturated/α-hetero) is 1. The van der Waals surface area contributed by atoms with Gasteiger partial charge < -0.3 is 4.57 Å². The molecule has 4 heterocycles. The van der Waals surface area contributed by atoms with Gasteiger partial charge in [0.1, 0.15) is 11.1 Å². The van der Waals surface area contributed by atoms with Crippen LogP contribution in [0.5, 0.6) is 0 Å². The molecule has 4 aromatic heterocycles. The Labute approximate surface area is 226 Å². The van der Waals surface area contributed by atoms with E-state index in [1.54, 1.807) is 29.9 Å². The van der Waals surface area contributed by atoms with E-state index in [1.807, 2.05) is 13.8 Å². The molecule has 0 fully saturated rings. The van der Waals surface area contributed by atoms with E-state index in [0.29, 0.717) is 34.6 Å². The summed E-state index contributed by atoms with van der Waals surface area (Å²) in [6.45, 7) is 5.55. The number of hydrogen-bond donors (Lipinski definition) is 0. The molecule has 0 aliphatic carbocycles. The highest BCUT2D eigenvalue weighted by molar-refractivity contribution is 5.97. The topological polar surface area (TPSA) is 96.7 Å². The molecule has 0 bridgehead atoms. The van der Waals surface area contributed by atoms with Crippen LogP contribution in [-0.2, 0) is 33.4 Å². The molecule has 0 radical (unpaired) electrons. The van der Waals surface area contributed by atoms with Crippen molar-refractivity contribution < 1.29 is 18.0 Å². The number of hydrogen-bond acceptors (Lipinski definition) is 5. The van der Waals surface area contributed by atoms with Crippen molar-refractivity contribution in [2.24, 2.45) is 20.0 Å². The molecule has 0 saturated carbocycles. The summed E-state index contributed by atoms with van der Waals surface area (Å²) in [5.41, 5.74) is 0.373. The number of carbonyl (C=O) groups excluding carboxylic acids is 1. The van der Waals surface area contributed by atoms with Gasteiger partial charge in [-0.3, -0.25) is 28.4 Å². The first-order valence-corrected chi connectivity index (χ1v) is 12.6. The van der Waals surface area contributed by atoms with Gasteiger partial charge >= 0.3 is 11.9 Å². The van der Waals surface area contributed by atoms with Gasteiger partial charge in [-0.2, -0.15) is 18.3 Å². The van der Waals surface area contributed by atoms with Crippen molar-refractivity contribution in [2.45, 2.75) is 40.0 Å². The summed E-state index contributed by atoms with van der Waals surface area (Å²) in [4.78, 5) is 43.1. The number of aryl methyl sites for hydroxylation is 1. The summed E-state index contributed by atoms with van der Waals surface area (Å²) >= 11 is 0. The molecule has 9 nitrogen and oxygen atoms in total. The Kier molecular flexibility index (Phi) is 6.51. The average Bonchev–Trinajstić information content (AvgIpc) is 3.45. The number of rotatable bonds is 6. The van der Waals surface area contributed by atoms with Crippen LogP contribution in [0.3, 0.4) is 0 Å². The maximum absolute atomic E-state index is 13.6. The predicted molar refractivity (Wildman–Crippen MR) is 144 cm³/mol. The first-order chi connectivity index (χ1) is 18.8. The molecule has 5 aromatic rings. The van der Waals surface area contributed by atoms with Crippen LogP contribution in [0.4, 0.5) is 13.2 Å². The third-order valence-corrected chi connectivity index (χ3v) is 6.91. The van der Waals surface area contributed by atoms with E-state index in [2.05, 4.69) is 4.98 Å². The van der Waals surface area contributed by atoms with Gasteiger partial charge in [0, 0.05) is 44.0 Å². The van der Waals surface area contributed by atoms with E-state index in [4.69, 9.17) is 5.10 Å². The highest BCUT2D eigenvalue weighted by Gasteiger charge is 2.31.